The lowest BCUT2D eigenvalue weighted by molar-refractivity contribution is -0.132. The smallest absolute Gasteiger partial charge is 0.338 e. The normalized spacial score (nSPS) is 16.7. The number of benzene rings is 2. The summed E-state index contributed by atoms with van der Waals surface area (Å²) in [7, 11) is 2.91. The number of rotatable bonds is 7. The molecule has 1 N–H and O–H groups in total. The summed E-state index contributed by atoms with van der Waals surface area (Å²) in [5.74, 6) is -2.03. The Kier molecular flexibility index (Phi) is 7.24. The summed E-state index contributed by atoms with van der Waals surface area (Å²) in [6.45, 7) is 3.46. The predicted octanol–water partition coefficient (Wildman–Crippen LogP) is 4.29. The monoisotopic (exact) mass is 502 g/mol. The van der Waals surface area contributed by atoms with E-state index in [0.717, 1.165) is 0 Å². The second-order valence-electron chi connectivity index (χ2n) is 8.49. The second-order valence-corrected chi connectivity index (χ2v) is 8.49. The molecule has 1 amide bonds. The van der Waals surface area contributed by atoms with E-state index in [0.29, 0.717) is 11.4 Å². The Morgan fingerprint density at radius 3 is 2.43 bits per heavy atom. The van der Waals surface area contributed by atoms with Gasteiger partial charge < -0.3 is 19.3 Å². The number of pyridine rings is 1. The van der Waals surface area contributed by atoms with E-state index in [1.165, 1.54) is 31.4 Å². The number of aliphatic hydroxyl groups excluding tert-OH is 1. The molecule has 9 heteroatoms. The third-order valence-electron chi connectivity index (χ3n) is 5.78. The highest BCUT2D eigenvalue weighted by atomic mass is 16.5. The number of hydrogen-bond donors (Lipinski definition) is 1. The van der Waals surface area contributed by atoms with E-state index >= 15 is 0 Å². The number of esters is 1. The lowest BCUT2D eigenvalue weighted by Crippen LogP contribution is -2.30. The predicted molar refractivity (Wildman–Crippen MR) is 136 cm³/mol. The van der Waals surface area contributed by atoms with Gasteiger partial charge in [0.2, 0.25) is 0 Å². The van der Waals surface area contributed by atoms with E-state index in [-0.39, 0.29) is 34.2 Å². The van der Waals surface area contributed by atoms with E-state index in [9.17, 15) is 19.5 Å². The molecule has 0 radical (unpaired) electrons. The van der Waals surface area contributed by atoms with Gasteiger partial charge in [0.1, 0.15) is 23.3 Å². The minimum Gasteiger partial charge on any atom is -0.507 e. The molecule has 1 atom stereocenters. The number of aromatic nitrogens is 1. The SMILES string of the molecule is COc1ccc(/C(O)=C2/C(=O)C(=O)N(c3cccc(C(=O)OC(C)C)c3)C2c2ccccn2)c(OC)c1. The molecule has 3 aromatic rings. The Hall–Kier alpha value is -4.66. The molecular formula is C28H26N2O7. The summed E-state index contributed by atoms with van der Waals surface area (Å²) in [4.78, 5) is 44.9. The molecule has 2 aromatic carbocycles. The molecule has 9 nitrogen and oxygen atoms in total. The molecule has 1 unspecified atom stereocenters. The van der Waals surface area contributed by atoms with Crippen molar-refractivity contribution in [3.63, 3.8) is 0 Å². The number of nitrogens with zero attached hydrogens (tertiary/aromatic N) is 2. The zero-order valence-corrected chi connectivity index (χ0v) is 20.8. The first-order valence-corrected chi connectivity index (χ1v) is 11.5. The maximum Gasteiger partial charge on any atom is 0.338 e. The number of carbonyl (C=O) groups is 3. The topological polar surface area (TPSA) is 115 Å². The van der Waals surface area contributed by atoms with Gasteiger partial charge in [0.25, 0.3) is 11.7 Å². The highest BCUT2D eigenvalue weighted by molar-refractivity contribution is 6.51. The van der Waals surface area contributed by atoms with Gasteiger partial charge in [0.15, 0.2) is 0 Å². The minimum atomic E-state index is -1.07. The molecule has 1 aliphatic rings. The molecule has 0 bridgehead atoms. The van der Waals surface area contributed by atoms with Gasteiger partial charge in [-0.15, -0.1) is 0 Å². The first-order valence-electron chi connectivity index (χ1n) is 11.5. The van der Waals surface area contributed by atoms with Crippen LogP contribution in [0.25, 0.3) is 5.76 Å². The Balaban J connectivity index is 1.90. The zero-order valence-electron chi connectivity index (χ0n) is 20.8. The minimum absolute atomic E-state index is 0.165. The molecule has 4 rings (SSSR count). The Morgan fingerprint density at radius 1 is 1.00 bits per heavy atom. The van der Waals surface area contributed by atoms with Crippen molar-refractivity contribution in [2.45, 2.75) is 26.0 Å². The number of amides is 1. The van der Waals surface area contributed by atoms with Crippen LogP contribution in [0.5, 0.6) is 11.5 Å². The lowest BCUT2D eigenvalue weighted by Gasteiger charge is -2.25. The van der Waals surface area contributed by atoms with Gasteiger partial charge in [0.05, 0.1) is 42.7 Å². The van der Waals surface area contributed by atoms with E-state index in [2.05, 4.69) is 4.98 Å². The number of anilines is 1. The number of hydrogen-bond acceptors (Lipinski definition) is 8. The van der Waals surface area contributed by atoms with Crippen LogP contribution in [0.15, 0.2) is 72.4 Å². The number of carbonyl (C=O) groups excluding carboxylic acids is 3. The van der Waals surface area contributed by atoms with Gasteiger partial charge in [-0.05, 0) is 56.3 Å². The molecule has 1 aliphatic heterocycles. The van der Waals surface area contributed by atoms with Crippen LogP contribution in [0, 0.1) is 0 Å². The molecular weight excluding hydrogens is 476 g/mol. The summed E-state index contributed by atoms with van der Waals surface area (Å²) in [5, 5.41) is 11.4. The second kappa shape index (κ2) is 10.5. The van der Waals surface area contributed by atoms with Gasteiger partial charge in [0, 0.05) is 18.0 Å². The fraction of sp³-hybridized carbons (Fsp3) is 0.214. The number of Topliss-reactive ketones (excluding diaryl/α,β-unsaturated/α-hetero) is 1. The van der Waals surface area contributed by atoms with Gasteiger partial charge in [-0.2, -0.15) is 0 Å². The van der Waals surface area contributed by atoms with Crippen LogP contribution >= 0.6 is 0 Å². The summed E-state index contributed by atoms with van der Waals surface area (Å²) in [5.41, 5.74) is 0.881. The highest BCUT2D eigenvalue weighted by Crippen LogP contribution is 2.43. The van der Waals surface area contributed by atoms with E-state index in [1.54, 1.807) is 68.4 Å². The van der Waals surface area contributed by atoms with Crippen LogP contribution in [0.4, 0.5) is 5.69 Å². The molecule has 0 aliphatic carbocycles. The van der Waals surface area contributed by atoms with Crippen molar-refractivity contribution in [1.82, 2.24) is 4.98 Å². The zero-order chi connectivity index (χ0) is 26.7. The average Bonchev–Trinajstić information content (AvgIpc) is 3.18. The van der Waals surface area contributed by atoms with Crippen molar-refractivity contribution < 1.29 is 33.7 Å². The van der Waals surface area contributed by atoms with Gasteiger partial charge in [-0.1, -0.05) is 12.1 Å². The fourth-order valence-electron chi connectivity index (χ4n) is 4.12. The van der Waals surface area contributed by atoms with Crippen molar-refractivity contribution in [2.24, 2.45) is 0 Å². The van der Waals surface area contributed by atoms with Crippen molar-refractivity contribution in [3.05, 3.63) is 89.3 Å². The van der Waals surface area contributed by atoms with E-state index in [4.69, 9.17) is 14.2 Å². The first-order chi connectivity index (χ1) is 17.8. The van der Waals surface area contributed by atoms with E-state index < -0.39 is 29.5 Å². The van der Waals surface area contributed by atoms with E-state index in [1.807, 2.05) is 0 Å². The maximum atomic E-state index is 13.4. The number of ketones is 1. The standard InChI is InChI=1S/C28H26N2O7/c1-16(2)37-28(34)17-8-7-9-18(14-17)30-24(21-10-5-6-13-29-21)23(26(32)27(30)33)25(31)20-12-11-19(35-3)15-22(20)36-4/h5-16,24,31H,1-4H3/b25-23-. The third-order valence-corrected chi connectivity index (χ3v) is 5.78. The van der Waals surface area contributed by atoms with Crippen LogP contribution < -0.4 is 14.4 Å². The number of aliphatic hydroxyl groups is 1. The van der Waals surface area contributed by atoms with Crippen LogP contribution in [-0.2, 0) is 14.3 Å². The number of ether oxygens (including phenoxy) is 3. The molecule has 190 valence electrons. The largest absolute Gasteiger partial charge is 0.507 e. The van der Waals surface area contributed by atoms with Crippen molar-refractivity contribution in [3.8, 4) is 11.5 Å². The summed E-state index contributed by atoms with van der Waals surface area (Å²) >= 11 is 0. The Labute approximate surface area is 213 Å². The highest BCUT2D eigenvalue weighted by Gasteiger charge is 2.48. The quantitative estimate of drug-likeness (QED) is 0.220. The fourth-order valence-corrected chi connectivity index (χ4v) is 4.12. The summed E-state index contributed by atoms with van der Waals surface area (Å²) in [6.07, 6.45) is 1.19. The molecule has 2 heterocycles. The van der Waals surface area contributed by atoms with Crippen LogP contribution in [0.2, 0.25) is 0 Å². The van der Waals surface area contributed by atoms with Crippen LogP contribution in [-0.4, -0.2) is 48.1 Å². The maximum absolute atomic E-state index is 13.4. The molecule has 1 fully saturated rings. The summed E-state index contributed by atoms with van der Waals surface area (Å²) < 4.78 is 15.9. The Morgan fingerprint density at radius 2 is 1.78 bits per heavy atom. The van der Waals surface area contributed by atoms with Gasteiger partial charge in [-0.3, -0.25) is 19.5 Å². The molecule has 0 saturated carbocycles. The van der Waals surface area contributed by atoms with Crippen molar-refractivity contribution in [1.29, 1.82) is 0 Å². The van der Waals surface area contributed by atoms with Crippen LogP contribution in [0.3, 0.4) is 0 Å². The van der Waals surface area contributed by atoms with Gasteiger partial charge in [-0.25, -0.2) is 4.79 Å². The molecule has 1 saturated heterocycles. The first kappa shape index (κ1) is 25.4. The van der Waals surface area contributed by atoms with Gasteiger partial charge >= 0.3 is 5.97 Å². The van der Waals surface area contributed by atoms with Crippen molar-refractivity contribution in [2.75, 3.05) is 19.1 Å². The lowest BCUT2D eigenvalue weighted by atomic mass is 9.97. The number of methoxy groups -OCH3 is 2. The third kappa shape index (κ3) is 4.88. The van der Waals surface area contributed by atoms with Crippen LogP contribution in [0.1, 0.15) is 41.5 Å². The molecule has 37 heavy (non-hydrogen) atoms. The molecule has 1 aromatic heterocycles. The Bertz CT molecular complexity index is 1380. The molecule has 0 spiro atoms. The van der Waals surface area contributed by atoms with Crippen molar-refractivity contribution >= 4 is 29.1 Å². The average molecular weight is 503 g/mol. The summed E-state index contributed by atoms with van der Waals surface area (Å²) in [6, 6.07) is 14.9.